The maximum atomic E-state index is 12.7. The molecular formula is C11H15ClFNO3S. The van der Waals surface area contributed by atoms with Crippen LogP contribution in [0.2, 0.25) is 0 Å². The van der Waals surface area contributed by atoms with Crippen LogP contribution in [0, 0.1) is 5.82 Å². The van der Waals surface area contributed by atoms with E-state index in [4.69, 9.17) is 16.3 Å². The maximum Gasteiger partial charge on any atom is 0.240 e. The Kier molecular flexibility index (Phi) is 6.01. The second-order valence-electron chi connectivity index (χ2n) is 3.71. The molecule has 0 bridgehead atoms. The summed E-state index contributed by atoms with van der Waals surface area (Å²) in [5, 5.41) is 0. The summed E-state index contributed by atoms with van der Waals surface area (Å²) in [6.45, 7) is 0.229. The Balaban J connectivity index is 2.82. The molecule has 102 valence electrons. The molecule has 0 spiro atoms. The standard InChI is InChI=1S/C11H15ClFNO3S/c1-17-8-10(6-7-12)14-18(15,16)11-4-2-9(13)3-5-11/h2-5,10,14H,6-8H2,1H3. The number of halogens is 2. The third-order valence-corrected chi connectivity index (χ3v) is 4.03. The molecule has 0 radical (unpaired) electrons. The lowest BCUT2D eigenvalue weighted by molar-refractivity contribution is 0.173. The number of alkyl halides is 1. The molecule has 1 N–H and O–H groups in total. The van der Waals surface area contributed by atoms with Gasteiger partial charge in [0, 0.05) is 19.0 Å². The molecule has 0 amide bonds. The van der Waals surface area contributed by atoms with Crippen molar-refractivity contribution < 1.29 is 17.5 Å². The first-order valence-corrected chi connectivity index (χ1v) is 7.34. The number of nitrogens with one attached hydrogen (secondary N) is 1. The Labute approximate surface area is 111 Å². The summed E-state index contributed by atoms with van der Waals surface area (Å²) in [5.74, 6) is -0.164. The Morgan fingerprint density at radius 1 is 1.39 bits per heavy atom. The van der Waals surface area contributed by atoms with Gasteiger partial charge in [0.15, 0.2) is 0 Å². The van der Waals surface area contributed by atoms with Gasteiger partial charge in [-0.15, -0.1) is 11.6 Å². The summed E-state index contributed by atoms with van der Waals surface area (Å²) in [7, 11) is -2.20. The van der Waals surface area contributed by atoms with Crippen molar-refractivity contribution >= 4 is 21.6 Å². The topological polar surface area (TPSA) is 55.4 Å². The molecule has 1 unspecified atom stereocenters. The van der Waals surface area contributed by atoms with Crippen molar-refractivity contribution in [2.45, 2.75) is 17.4 Å². The molecule has 18 heavy (non-hydrogen) atoms. The summed E-state index contributed by atoms with van der Waals surface area (Å²) < 4.78 is 44.1. The van der Waals surface area contributed by atoms with E-state index in [2.05, 4.69) is 4.72 Å². The first-order chi connectivity index (χ1) is 8.49. The van der Waals surface area contributed by atoms with Crippen LogP contribution in [0.3, 0.4) is 0 Å². The molecule has 1 aromatic carbocycles. The van der Waals surface area contributed by atoms with Crippen LogP contribution in [-0.2, 0) is 14.8 Å². The molecule has 0 aliphatic rings. The van der Waals surface area contributed by atoms with Gasteiger partial charge in [0.2, 0.25) is 10.0 Å². The van der Waals surface area contributed by atoms with Crippen LogP contribution in [0.1, 0.15) is 6.42 Å². The third-order valence-electron chi connectivity index (χ3n) is 2.27. The Morgan fingerprint density at radius 3 is 2.50 bits per heavy atom. The van der Waals surface area contributed by atoms with Gasteiger partial charge >= 0.3 is 0 Å². The fourth-order valence-electron chi connectivity index (χ4n) is 1.41. The van der Waals surface area contributed by atoms with E-state index in [0.717, 1.165) is 12.1 Å². The highest BCUT2D eigenvalue weighted by Crippen LogP contribution is 2.11. The molecule has 1 aromatic rings. The van der Waals surface area contributed by atoms with E-state index in [1.807, 2.05) is 0 Å². The van der Waals surface area contributed by atoms with Gasteiger partial charge < -0.3 is 4.74 Å². The highest BCUT2D eigenvalue weighted by molar-refractivity contribution is 7.89. The second-order valence-corrected chi connectivity index (χ2v) is 5.80. The molecular weight excluding hydrogens is 281 g/mol. The number of methoxy groups -OCH3 is 1. The lowest BCUT2D eigenvalue weighted by Gasteiger charge is -2.16. The van der Waals surface area contributed by atoms with Crippen LogP contribution < -0.4 is 4.72 Å². The van der Waals surface area contributed by atoms with Gasteiger partial charge in [-0.25, -0.2) is 17.5 Å². The molecule has 1 rings (SSSR count). The number of sulfonamides is 1. The van der Waals surface area contributed by atoms with Crippen LogP contribution in [0.25, 0.3) is 0 Å². The fourth-order valence-corrected chi connectivity index (χ4v) is 2.93. The van der Waals surface area contributed by atoms with Crippen molar-refractivity contribution in [1.29, 1.82) is 0 Å². The molecule has 0 aliphatic carbocycles. The summed E-state index contributed by atoms with van der Waals surface area (Å²) in [4.78, 5) is 0.0135. The first-order valence-electron chi connectivity index (χ1n) is 5.32. The van der Waals surface area contributed by atoms with E-state index in [0.29, 0.717) is 12.3 Å². The highest BCUT2D eigenvalue weighted by Gasteiger charge is 2.19. The first kappa shape index (κ1) is 15.4. The van der Waals surface area contributed by atoms with Gasteiger partial charge in [-0.05, 0) is 30.7 Å². The minimum absolute atomic E-state index is 0.0135. The molecule has 0 saturated carbocycles. The summed E-state index contributed by atoms with van der Waals surface area (Å²) in [5.41, 5.74) is 0. The van der Waals surface area contributed by atoms with Crippen LogP contribution in [0.5, 0.6) is 0 Å². The SMILES string of the molecule is COCC(CCCl)NS(=O)(=O)c1ccc(F)cc1. The predicted molar refractivity (Wildman–Crippen MR) is 67.7 cm³/mol. The molecule has 0 heterocycles. The Morgan fingerprint density at radius 2 is 2.00 bits per heavy atom. The van der Waals surface area contributed by atoms with E-state index in [9.17, 15) is 12.8 Å². The number of benzene rings is 1. The average molecular weight is 296 g/mol. The van der Waals surface area contributed by atoms with Crippen molar-refractivity contribution in [3.63, 3.8) is 0 Å². The predicted octanol–water partition coefficient (Wildman–Crippen LogP) is 1.75. The zero-order valence-corrected chi connectivity index (χ0v) is 11.5. The zero-order valence-electron chi connectivity index (χ0n) is 9.90. The van der Waals surface area contributed by atoms with Crippen molar-refractivity contribution in [2.24, 2.45) is 0 Å². The molecule has 4 nitrogen and oxygen atoms in total. The summed E-state index contributed by atoms with van der Waals surface area (Å²) >= 11 is 5.59. The maximum absolute atomic E-state index is 12.7. The lowest BCUT2D eigenvalue weighted by atomic mass is 10.3. The van der Waals surface area contributed by atoms with E-state index >= 15 is 0 Å². The van der Waals surface area contributed by atoms with E-state index in [-0.39, 0.29) is 11.5 Å². The minimum Gasteiger partial charge on any atom is -0.383 e. The average Bonchev–Trinajstić information content (AvgIpc) is 2.29. The number of hydrogen-bond acceptors (Lipinski definition) is 3. The molecule has 0 saturated heterocycles. The van der Waals surface area contributed by atoms with E-state index < -0.39 is 21.9 Å². The van der Waals surface area contributed by atoms with Gasteiger partial charge in [-0.3, -0.25) is 0 Å². The molecule has 7 heteroatoms. The number of rotatable bonds is 7. The molecule has 0 aromatic heterocycles. The summed E-state index contributed by atoms with van der Waals surface area (Å²) in [6.07, 6.45) is 0.454. The molecule has 0 fully saturated rings. The van der Waals surface area contributed by atoms with Crippen molar-refractivity contribution in [2.75, 3.05) is 19.6 Å². The largest absolute Gasteiger partial charge is 0.383 e. The summed E-state index contributed by atoms with van der Waals surface area (Å²) in [6, 6.07) is 4.22. The lowest BCUT2D eigenvalue weighted by Crippen LogP contribution is -2.38. The second kappa shape index (κ2) is 7.04. The highest BCUT2D eigenvalue weighted by atomic mass is 35.5. The zero-order chi connectivity index (χ0) is 13.6. The van der Waals surface area contributed by atoms with E-state index in [1.54, 1.807) is 0 Å². The van der Waals surface area contributed by atoms with Crippen molar-refractivity contribution in [1.82, 2.24) is 4.72 Å². The van der Waals surface area contributed by atoms with Crippen LogP contribution in [0.4, 0.5) is 4.39 Å². The Bertz CT molecular complexity index is 458. The fraction of sp³-hybridized carbons (Fsp3) is 0.455. The van der Waals surface area contributed by atoms with Crippen molar-refractivity contribution in [3.05, 3.63) is 30.1 Å². The Hall–Kier alpha value is -0.690. The van der Waals surface area contributed by atoms with Gasteiger partial charge in [0.05, 0.1) is 11.5 Å². The quantitative estimate of drug-likeness (QED) is 0.780. The molecule has 0 aliphatic heterocycles. The molecule has 1 atom stereocenters. The van der Waals surface area contributed by atoms with E-state index in [1.165, 1.54) is 19.2 Å². The van der Waals surface area contributed by atoms with Crippen molar-refractivity contribution in [3.8, 4) is 0 Å². The van der Waals surface area contributed by atoms with Gasteiger partial charge in [-0.2, -0.15) is 0 Å². The number of ether oxygens (including phenoxy) is 1. The van der Waals surface area contributed by atoms with Gasteiger partial charge in [-0.1, -0.05) is 0 Å². The third kappa shape index (κ3) is 4.53. The van der Waals surface area contributed by atoms with Crippen LogP contribution in [0.15, 0.2) is 29.2 Å². The number of hydrogen-bond donors (Lipinski definition) is 1. The smallest absolute Gasteiger partial charge is 0.240 e. The minimum atomic E-state index is -3.68. The van der Waals surface area contributed by atoms with Gasteiger partial charge in [0.1, 0.15) is 5.82 Å². The normalized spacial score (nSPS) is 13.5. The van der Waals surface area contributed by atoms with Crippen LogP contribution >= 0.6 is 11.6 Å². The van der Waals surface area contributed by atoms with Crippen LogP contribution in [-0.4, -0.2) is 34.1 Å². The van der Waals surface area contributed by atoms with Gasteiger partial charge in [0.25, 0.3) is 0 Å². The monoisotopic (exact) mass is 295 g/mol.